The Bertz CT molecular complexity index is 625. The molecule has 2 aromatic rings. The highest BCUT2D eigenvalue weighted by molar-refractivity contribution is 9.10. The highest BCUT2D eigenvalue weighted by Gasteiger charge is 2.13. The highest BCUT2D eigenvalue weighted by Crippen LogP contribution is 2.36. The number of hydrogen-bond donors (Lipinski definition) is 0. The number of methoxy groups -OCH3 is 1. The quantitative estimate of drug-likeness (QED) is 0.716. The molecule has 0 amide bonds. The summed E-state index contributed by atoms with van der Waals surface area (Å²) < 4.78 is 13.9. The molecule has 112 valence electrons. The van der Waals surface area contributed by atoms with Crippen LogP contribution in [0.25, 0.3) is 0 Å². The van der Waals surface area contributed by atoms with E-state index in [1.165, 1.54) is 0 Å². The van der Waals surface area contributed by atoms with Crippen LogP contribution in [0.3, 0.4) is 0 Å². The monoisotopic (exact) mass is 352 g/mol. The number of ether oxygens (including phenoxy) is 2. The molecule has 0 bridgehead atoms. The molecule has 0 saturated heterocycles. The largest absolute Gasteiger partial charge is 0.493 e. The molecule has 0 radical (unpaired) electrons. The minimum atomic E-state index is 0.384. The zero-order chi connectivity index (χ0) is 15.2. The van der Waals surface area contributed by atoms with Gasteiger partial charge in [0.2, 0.25) is 0 Å². The maximum atomic E-state index is 10.9. The number of hydrogen-bond acceptors (Lipinski definition) is 4. The summed E-state index contributed by atoms with van der Waals surface area (Å²) in [4.78, 5) is 15.0. The number of carbonyl (C=O) groups excluding carboxylic acids is 1. The predicted octanol–water partition coefficient (Wildman–Crippen LogP) is 3.46. The van der Waals surface area contributed by atoms with Gasteiger partial charge in [-0.25, -0.2) is 4.98 Å². The molecule has 2 rings (SSSR count). The third kappa shape index (κ3) is 3.64. The van der Waals surface area contributed by atoms with Crippen molar-refractivity contribution >= 4 is 22.2 Å². The van der Waals surface area contributed by atoms with Crippen molar-refractivity contribution in [2.45, 2.75) is 26.5 Å². The molecule has 0 aliphatic rings. The molecule has 0 atom stereocenters. The first-order valence-electron chi connectivity index (χ1n) is 6.64. The Morgan fingerprint density at radius 2 is 2.24 bits per heavy atom. The number of halogens is 1. The van der Waals surface area contributed by atoms with Crippen LogP contribution in [0.15, 0.2) is 29.1 Å². The van der Waals surface area contributed by atoms with Crippen LogP contribution >= 0.6 is 15.9 Å². The van der Waals surface area contributed by atoms with Crippen LogP contribution in [0.5, 0.6) is 11.5 Å². The number of rotatable bonds is 7. The van der Waals surface area contributed by atoms with Crippen LogP contribution in [-0.4, -0.2) is 22.9 Å². The standard InChI is InChI=1S/C15H17BrN2O3/c1-3-4-18-10-17-7-12(18)9-21-15-13(16)5-11(8-19)6-14(15)20-2/h5-8,10H,3-4,9H2,1-2H3. The minimum Gasteiger partial charge on any atom is -0.493 e. The molecular formula is C15H17BrN2O3. The lowest BCUT2D eigenvalue weighted by Crippen LogP contribution is -2.06. The minimum absolute atomic E-state index is 0.384. The van der Waals surface area contributed by atoms with E-state index in [0.29, 0.717) is 28.1 Å². The van der Waals surface area contributed by atoms with Crippen molar-refractivity contribution in [2.75, 3.05) is 7.11 Å². The molecule has 6 heteroatoms. The van der Waals surface area contributed by atoms with Crippen molar-refractivity contribution in [2.24, 2.45) is 0 Å². The molecule has 0 aliphatic carbocycles. The highest BCUT2D eigenvalue weighted by atomic mass is 79.9. The maximum absolute atomic E-state index is 10.9. The van der Waals surface area contributed by atoms with Crippen LogP contribution < -0.4 is 9.47 Å². The summed E-state index contributed by atoms with van der Waals surface area (Å²) in [7, 11) is 1.55. The Morgan fingerprint density at radius 1 is 1.43 bits per heavy atom. The third-order valence-corrected chi connectivity index (χ3v) is 3.60. The van der Waals surface area contributed by atoms with E-state index in [2.05, 4.69) is 32.4 Å². The van der Waals surface area contributed by atoms with E-state index < -0.39 is 0 Å². The second kappa shape index (κ2) is 7.26. The van der Waals surface area contributed by atoms with Gasteiger partial charge in [-0.05, 0) is 34.5 Å². The van der Waals surface area contributed by atoms with Gasteiger partial charge in [-0.3, -0.25) is 4.79 Å². The SMILES string of the molecule is CCCn1cncc1COc1c(Br)cc(C=O)cc1OC. The van der Waals surface area contributed by atoms with Crippen LogP contribution in [0.4, 0.5) is 0 Å². The molecule has 1 aromatic heterocycles. The smallest absolute Gasteiger partial charge is 0.175 e. The number of aldehydes is 1. The van der Waals surface area contributed by atoms with Gasteiger partial charge in [0.05, 0.1) is 29.8 Å². The van der Waals surface area contributed by atoms with Crippen molar-refractivity contribution in [1.82, 2.24) is 9.55 Å². The van der Waals surface area contributed by atoms with Crippen molar-refractivity contribution in [1.29, 1.82) is 0 Å². The van der Waals surface area contributed by atoms with E-state index in [0.717, 1.165) is 24.9 Å². The van der Waals surface area contributed by atoms with Gasteiger partial charge in [-0.1, -0.05) is 6.92 Å². The lowest BCUT2D eigenvalue weighted by atomic mass is 10.2. The van der Waals surface area contributed by atoms with E-state index in [1.54, 1.807) is 31.8 Å². The van der Waals surface area contributed by atoms with Crippen LogP contribution in [0.2, 0.25) is 0 Å². The Kier molecular flexibility index (Phi) is 5.38. The summed E-state index contributed by atoms with van der Waals surface area (Å²) in [5, 5.41) is 0. The Labute approximate surface area is 132 Å². The number of carbonyl (C=O) groups is 1. The van der Waals surface area contributed by atoms with Crippen molar-refractivity contribution in [3.8, 4) is 11.5 Å². The molecule has 1 heterocycles. The zero-order valence-electron chi connectivity index (χ0n) is 12.0. The van der Waals surface area contributed by atoms with Crippen molar-refractivity contribution in [3.05, 3.63) is 40.4 Å². The number of aryl methyl sites for hydroxylation is 1. The van der Waals surface area contributed by atoms with Gasteiger partial charge in [-0.2, -0.15) is 0 Å². The molecule has 0 aliphatic heterocycles. The molecule has 0 fully saturated rings. The molecule has 0 spiro atoms. The van der Waals surface area contributed by atoms with Crippen LogP contribution in [0, 0.1) is 0 Å². The van der Waals surface area contributed by atoms with Crippen LogP contribution in [-0.2, 0) is 13.2 Å². The van der Waals surface area contributed by atoms with Gasteiger partial charge >= 0.3 is 0 Å². The summed E-state index contributed by atoms with van der Waals surface area (Å²) in [5.74, 6) is 1.10. The fraction of sp³-hybridized carbons (Fsp3) is 0.333. The fourth-order valence-corrected chi connectivity index (χ4v) is 2.58. The van der Waals surface area contributed by atoms with E-state index in [1.807, 2.05) is 0 Å². The first-order valence-corrected chi connectivity index (χ1v) is 7.43. The van der Waals surface area contributed by atoms with Gasteiger partial charge in [0.1, 0.15) is 12.9 Å². The predicted molar refractivity (Wildman–Crippen MR) is 82.9 cm³/mol. The third-order valence-electron chi connectivity index (χ3n) is 3.02. The van der Waals surface area contributed by atoms with Crippen LogP contribution in [0.1, 0.15) is 29.4 Å². The first kappa shape index (κ1) is 15.6. The normalized spacial score (nSPS) is 10.4. The average molecular weight is 353 g/mol. The number of imidazole rings is 1. The van der Waals surface area contributed by atoms with E-state index in [4.69, 9.17) is 9.47 Å². The number of benzene rings is 1. The van der Waals surface area contributed by atoms with Gasteiger partial charge in [-0.15, -0.1) is 0 Å². The second-order valence-electron chi connectivity index (χ2n) is 4.52. The fourth-order valence-electron chi connectivity index (χ4n) is 2.00. The summed E-state index contributed by atoms with van der Waals surface area (Å²) >= 11 is 3.41. The molecular weight excluding hydrogens is 336 g/mol. The number of aromatic nitrogens is 2. The molecule has 0 saturated carbocycles. The second-order valence-corrected chi connectivity index (χ2v) is 5.37. The van der Waals surface area contributed by atoms with Gasteiger partial charge in [0.25, 0.3) is 0 Å². The summed E-state index contributed by atoms with van der Waals surface area (Å²) in [6, 6.07) is 3.35. The van der Waals surface area contributed by atoms with Gasteiger partial charge in [0.15, 0.2) is 11.5 Å². The maximum Gasteiger partial charge on any atom is 0.175 e. The van der Waals surface area contributed by atoms with Crippen molar-refractivity contribution < 1.29 is 14.3 Å². The Hall–Kier alpha value is -1.82. The lowest BCUT2D eigenvalue weighted by Gasteiger charge is -2.14. The molecule has 1 aromatic carbocycles. The van der Waals surface area contributed by atoms with E-state index in [-0.39, 0.29) is 0 Å². The Balaban J connectivity index is 2.19. The average Bonchev–Trinajstić information content (AvgIpc) is 2.93. The molecule has 0 unspecified atom stereocenters. The summed E-state index contributed by atoms with van der Waals surface area (Å²) in [6.07, 6.45) is 5.39. The lowest BCUT2D eigenvalue weighted by molar-refractivity contribution is 0.112. The molecule has 0 N–H and O–H groups in total. The van der Waals surface area contributed by atoms with Gasteiger partial charge in [0, 0.05) is 12.1 Å². The Morgan fingerprint density at radius 3 is 2.90 bits per heavy atom. The van der Waals surface area contributed by atoms with E-state index in [9.17, 15) is 4.79 Å². The zero-order valence-corrected chi connectivity index (χ0v) is 13.6. The molecule has 5 nitrogen and oxygen atoms in total. The van der Waals surface area contributed by atoms with Crippen molar-refractivity contribution in [3.63, 3.8) is 0 Å². The van der Waals surface area contributed by atoms with Gasteiger partial charge < -0.3 is 14.0 Å². The topological polar surface area (TPSA) is 53.4 Å². The first-order chi connectivity index (χ1) is 10.2. The number of nitrogens with zero attached hydrogens (tertiary/aromatic N) is 2. The summed E-state index contributed by atoms with van der Waals surface area (Å²) in [5.41, 5.74) is 1.52. The molecule has 21 heavy (non-hydrogen) atoms. The summed E-state index contributed by atoms with van der Waals surface area (Å²) in [6.45, 7) is 3.40. The van der Waals surface area contributed by atoms with E-state index >= 15 is 0 Å².